The molecule has 24 heavy (non-hydrogen) atoms. The number of nitrogens with zero attached hydrogens (tertiary/aromatic N) is 3. The molecule has 1 aromatic carbocycles. The van der Waals surface area contributed by atoms with Crippen LogP contribution in [-0.4, -0.2) is 35.1 Å². The molecule has 0 saturated carbocycles. The van der Waals surface area contributed by atoms with Crippen molar-refractivity contribution in [1.29, 1.82) is 0 Å². The number of aryl methyl sites for hydroxylation is 2. The van der Waals surface area contributed by atoms with Crippen molar-refractivity contribution in [2.45, 2.75) is 31.7 Å². The van der Waals surface area contributed by atoms with Gasteiger partial charge >= 0.3 is 0 Å². The molecule has 2 aromatic rings. The molecule has 0 spiro atoms. The Kier molecular flexibility index (Phi) is 4.10. The highest BCUT2D eigenvalue weighted by Crippen LogP contribution is 2.24. The second kappa shape index (κ2) is 5.95. The van der Waals surface area contributed by atoms with Crippen LogP contribution in [0.3, 0.4) is 0 Å². The van der Waals surface area contributed by atoms with Crippen LogP contribution < -0.4 is 5.73 Å². The van der Waals surface area contributed by atoms with E-state index >= 15 is 0 Å². The number of carbonyl (C=O) groups is 1. The van der Waals surface area contributed by atoms with E-state index in [0.29, 0.717) is 24.2 Å². The first-order valence-corrected chi connectivity index (χ1v) is 8.87. The van der Waals surface area contributed by atoms with E-state index in [9.17, 15) is 13.2 Å². The number of aromatic nitrogens is 2. The van der Waals surface area contributed by atoms with Crippen molar-refractivity contribution in [3.8, 4) is 0 Å². The van der Waals surface area contributed by atoms with Gasteiger partial charge in [0.15, 0.2) is 0 Å². The normalized spacial score (nSPS) is 15.1. The predicted octanol–water partition coefficient (Wildman–Crippen LogP) is 0.740. The Morgan fingerprint density at radius 1 is 1.25 bits per heavy atom. The van der Waals surface area contributed by atoms with E-state index in [2.05, 4.69) is 16.2 Å². The average molecular weight is 345 g/mol. The number of benzene rings is 1. The highest BCUT2D eigenvalue weighted by Gasteiger charge is 2.30. The molecule has 125 valence electrons. The van der Waals surface area contributed by atoms with Gasteiger partial charge in [-0.1, -0.05) is 6.07 Å². The first-order valence-electron chi connectivity index (χ1n) is 7.43. The van der Waals surface area contributed by atoms with E-state index in [1.807, 2.05) is 19.9 Å². The molecule has 1 radical (unpaired) electrons. The standard InChI is InChI=1S/C16H17N4O3S/c1-10-5-11(2)7-13(6-10)24(22,23)20-4-3-12-8-18-16(15(17)21)19-14(12)9-20/h5-7H,3-4,9H2,1-2H3,(H2,17,21). The average Bonchev–Trinajstić information content (AvgIpc) is 2.52. The molecule has 2 N–H and O–H groups in total. The van der Waals surface area contributed by atoms with Crippen LogP contribution in [0.5, 0.6) is 0 Å². The molecule has 0 bridgehead atoms. The number of primary amides is 1. The summed E-state index contributed by atoms with van der Waals surface area (Å²) in [7, 11) is -3.64. The lowest BCUT2D eigenvalue weighted by Gasteiger charge is -2.27. The summed E-state index contributed by atoms with van der Waals surface area (Å²) in [6, 6.07) is 5.23. The van der Waals surface area contributed by atoms with Gasteiger partial charge in [-0.05, 0) is 43.5 Å². The smallest absolute Gasteiger partial charge is 0.286 e. The summed E-state index contributed by atoms with van der Waals surface area (Å²) in [6.45, 7) is 4.11. The molecule has 0 unspecified atom stereocenters. The van der Waals surface area contributed by atoms with Crippen molar-refractivity contribution in [3.63, 3.8) is 0 Å². The monoisotopic (exact) mass is 345 g/mol. The molecule has 8 heteroatoms. The van der Waals surface area contributed by atoms with Gasteiger partial charge in [0.1, 0.15) is 0 Å². The summed E-state index contributed by atoms with van der Waals surface area (Å²) in [5.74, 6) is -0.914. The van der Waals surface area contributed by atoms with E-state index < -0.39 is 15.9 Å². The Morgan fingerprint density at radius 3 is 2.54 bits per heavy atom. The maximum absolute atomic E-state index is 12.9. The molecule has 0 fully saturated rings. The molecule has 1 aliphatic heterocycles. The maximum Gasteiger partial charge on any atom is 0.286 e. The van der Waals surface area contributed by atoms with Gasteiger partial charge in [0.05, 0.1) is 23.3 Å². The van der Waals surface area contributed by atoms with Crippen LogP contribution in [0.4, 0.5) is 0 Å². The van der Waals surface area contributed by atoms with Gasteiger partial charge in [0.2, 0.25) is 15.8 Å². The number of nitrogens with two attached hydrogens (primary N) is 1. The van der Waals surface area contributed by atoms with Crippen LogP contribution in [-0.2, 0) is 23.0 Å². The predicted molar refractivity (Wildman–Crippen MR) is 86.6 cm³/mol. The Balaban J connectivity index is 1.96. The Labute approximate surface area is 140 Å². The van der Waals surface area contributed by atoms with Gasteiger partial charge in [-0.15, -0.1) is 0 Å². The first kappa shape index (κ1) is 16.5. The summed E-state index contributed by atoms with van der Waals surface area (Å²) in [5.41, 5.74) is 8.13. The minimum absolute atomic E-state index is 0.0734. The Morgan fingerprint density at radius 2 is 1.92 bits per heavy atom. The largest absolute Gasteiger partial charge is 0.363 e. The number of hydrogen-bond acceptors (Lipinski definition) is 5. The molecule has 0 atom stereocenters. The number of hydrogen-bond donors (Lipinski definition) is 1. The fourth-order valence-electron chi connectivity index (χ4n) is 2.77. The number of rotatable bonds is 3. The fourth-order valence-corrected chi connectivity index (χ4v) is 4.36. The summed E-state index contributed by atoms with van der Waals surface area (Å²) >= 11 is 0. The van der Waals surface area contributed by atoms with E-state index in [0.717, 1.165) is 11.1 Å². The van der Waals surface area contributed by atoms with Crippen LogP contribution >= 0.6 is 0 Å². The quantitative estimate of drug-likeness (QED) is 0.883. The summed E-state index contributed by atoms with van der Waals surface area (Å²) in [5, 5.41) is 0. The van der Waals surface area contributed by atoms with Crippen LogP contribution in [0.15, 0.2) is 23.1 Å². The van der Waals surface area contributed by atoms with Gasteiger partial charge in [0, 0.05) is 12.1 Å². The fraction of sp³-hybridized carbons (Fsp3) is 0.312. The van der Waals surface area contributed by atoms with Crippen molar-refractivity contribution in [2.24, 2.45) is 5.73 Å². The van der Waals surface area contributed by atoms with E-state index in [1.54, 1.807) is 12.1 Å². The molecule has 0 aliphatic carbocycles. The van der Waals surface area contributed by atoms with Crippen molar-refractivity contribution in [3.05, 3.63) is 52.6 Å². The third kappa shape index (κ3) is 3.02. The zero-order chi connectivity index (χ0) is 17.5. The zero-order valence-corrected chi connectivity index (χ0v) is 14.2. The van der Waals surface area contributed by atoms with Gasteiger partial charge in [-0.2, -0.15) is 4.31 Å². The number of fused-ring (bicyclic) bond motifs is 1. The number of amides is 1. The SMILES string of the molecule is Cc1cc(C)cc(S(=O)(=O)N2CCc3[c]nc(C(N)=O)nc3C2)c1. The second-order valence-corrected chi connectivity index (χ2v) is 7.80. The molecule has 1 amide bonds. The lowest BCUT2D eigenvalue weighted by molar-refractivity contribution is 0.0989. The molecular weight excluding hydrogens is 328 g/mol. The molecule has 2 heterocycles. The van der Waals surface area contributed by atoms with Crippen LogP contribution in [0.1, 0.15) is 33.0 Å². The highest BCUT2D eigenvalue weighted by molar-refractivity contribution is 7.89. The van der Waals surface area contributed by atoms with Gasteiger partial charge in [-0.25, -0.2) is 18.4 Å². The molecule has 1 aliphatic rings. The first-order chi connectivity index (χ1) is 11.3. The highest BCUT2D eigenvalue weighted by atomic mass is 32.2. The van der Waals surface area contributed by atoms with Gasteiger partial charge < -0.3 is 5.73 Å². The summed E-state index contributed by atoms with van der Waals surface area (Å²) in [6.07, 6.45) is 3.18. The molecule has 1 aromatic heterocycles. The lowest BCUT2D eigenvalue weighted by atomic mass is 10.1. The topological polar surface area (TPSA) is 106 Å². The number of carbonyl (C=O) groups excluding carboxylic acids is 1. The summed E-state index contributed by atoms with van der Waals surface area (Å²) < 4.78 is 27.2. The van der Waals surface area contributed by atoms with Crippen molar-refractivity contribution in [1.82, 2.24) is 14.3 Å². The van der Waals surface area contributed by atoms with E-state index in [1.165, 1.54) is 4.31 Å². The van der Waals surface area contributed by atoms with Gasteiger partial charge in [-0.3, -0.25) is 4.79 Å². The third-order valence-electron chi connectivity index (χ3n) is 3.88. The molecular formula is C16H17N4O3S. The molecule has 0 saturated heterocycles. The van der Waals surface area contributed by atoms with E-state index in [4.69, 9.17) is 5.73 Å². The van der Waals surface area contributed by atoms with E-state index in [-0.39, 0.29) is 17.3 Å². The van der Waals surface area contributed by atoms with Crippen molar-refractivity contribution < 1.29 is 13.2 Å². The minimum Gasteiger partial charge on any atom is -0.363 e. The van der Waals surface area contributed by atoms with Crippen molar-refractivity contribution in [2.75, 3.05) is 6.54 Å². The second-order valence-electron chi connectivity index (χ2n) is 5.86. The minimum atomic E-state index is -3.64. The number of sulfonamides is 1. The Hall–Kier alpha value is -2.32. The van der Waals surface area contributed by atoms with Crippen LogP contribution in [0.25, 0.3) is 0 Å². The zero-order valence-electron chi connectivity index (χ0n) is 13.4. The summed E-state index contributed by atoms with van der Waals surface area (Å²) in [4.78, 5) is 19.3. The molecule has 7 nitrogen and oxygen atoms in total. The molecule has 3 rings (SSSR count). The maximum atomic E-state index is 12.9. The van der Waals surface area contributed by atoms with Gasteiger partial charge in [0.25, 0.3) is 5.91 Å². The third-order valence-corrected chi connectivity index (χ3v) is 5.70. The Bertz CT molecular complexity index is 905. The van der Waals surface area contributed by atoms with Crippen LogP contribution in [0, 0.1) is 20.0 Å². The van der Waals surface area contributed by atoms with Crippen molar-refractivity contribution >= 4 is 15.9 Å². The van der Waals surface area contributed by atoms with Crippen LogP contribution in [0.2, 0.25) is 0 Å². The lowest BCUT2D eigenvalue weighted by Crippen LogP contribution is -2.37.